The van der Waals surface area contributed by atoms with Crippen molar-refractivity contribution in [1.29, 1.82) is 0 Å². The minimum absolute atomic E-state index is 0.423. The first-order valence-electron chi connectivity index (χ1n) is 17.2. The van der Waals surface area contributed by atoms with Gasteiger partial charge in [0.1, 0.15) is 6.04 Å². The third-order valence-corrected chi connectivity index (χ3v) is 10.4. The molecule has 248 valence electrons. The number of nitrogens with zero attached hydrogens (tertiary/aromatic N) is 3. The van der Waals surface area contributed by atoms with Crippen LogP contribution in [0.1, 0.15) is 52.8 Å². The molecule has 7 rings (SSSR count). The van der Waals surface area contributed by atoms with Crippen LogP contribution in [0.4, 0.5) is 5.69 Å². The molecule has 50 heavy (non-hydrogen) atoms. The molecule has 1 aliphatic heterocycles. The van der Waals surface area contributed by atoms with Crippen molar-refractivity contribution in [3.8, 4) is 0 Å². The second kappa shape index (κ2) is 14.1. The summed E-state index contributed by atoms with van der Waals surface area (Å²) in [5, 5.41) is 0. The van der Waals surface area contributed by atoms with E-state index in [-0.39, 0.29) is 0 Å². The summed E-state index contributed by atoms with van der Waals surface area (Å²) in [5.41, 5.74) is 7.82. The van der Waals surface area contributed by atoms with Crippen molar-refractivity contribution in [3.05, 3.63) is 203 Å². The molecule has 0 radical (unpaired) electrons. The lowest BCUT2D eigenvalue weighted by Crippen LogP contribution is -2.51. The molecule has 0 saturated carbocycles. The smallest absolute Gasteiger partial charge is 0.219 e. The maximum absolute atomic E-state index is 13.5. The first-order valence-corrected chi connectivity index (χ1v) is 17.2. The number of carbonyl (C=O) groups excluding carboxylic acids is 2. The summed E-state index contributed by atoms with van der Waals surface area (Å²) >= 11 is 0. The third-order valence-electron chi connectivity index (χ3n) is 10.4. The Morgan fingerprint density at radius 2 is 1.20 bits per heavy atom. The molecule has 0 spiro atoms. The van der Waals surface area contributed by atoms with Crippen molar-refractivity contribution in [2.75, 3.05) is 11.6 Å². The van der Waals surface area contributed by atoms with Gasteiger partial charge in [-0.25, -0.2) is 0 Å². The van der Waals surface area contributed by atoms with E-state index >= 15 is 0 Å². The highest BCUT2D eigenvalue weighted by atomic mass is 16.2. The highest BCUT2D eigenvalue weighted by molar-refractivity contribution is 6.28. The zero-order valence-corrected chi connectivity index (χ0v) is 28.5. The molecule has 1 atom stereocenters. The maximum Gasteiger partial charge on any atom is 0.219 e. The monoisotopic (exact) mass is 655 g/mol. The molecular weight excluding hydrogens is 615 g/mol. The number of aldehydes is 1. The third kappa shape index (κ3) is 6.06. The number of ketones is 1. The zero-order chi connectivity index (χ0) is 34.6. The van der Waals surface area contributed by atoms with Crippen LogP contribution in [-0.2, 0) is 28.0 Å². The number of benzene rings is 5. The lowest BCUT2D eigenvalue weighted by Gasteiger charge is -2.37. The number of anilines is 1. The zero-order valence-electron chi connectivity index (χ0n) is 28.5. The van der Waals surface area contributed by atoms with E-state index in [0.717, 1.165) is 45.5 Å². The van der Waals surface area contributed by atoms with E-state index < -0.39 is 22.8 Å². The fourth-order valence-corrected chi connectivity index (χ4v) is 7.81. The van der Waals surface area contributed by atoms with Crippen molar-refractivity contribution in [2.24, 2.45) is 0 Å². The van der Waals surface area contributed by atoms with Crippen molar-refractivity contribution in [3.63, 3.8) is 0 Å². The summed E-state index contributed by atoms with van der Waals surface area (Å²) in [6.07, 6.45) is 5.02. The summed E-state index contributed by atoms with van der Waals surface area (Å²) in [6.45, 7) is 5.24. The van der Waals surface area contributed by atoms with Gasteiger partial charge in [0.05, 0.1) is 12.1 Å². The van der Waals surface area contributed by atoms with Gasteiger partial charge in [0.25, 0.3) is 0 Å². The Labute approximate surface area is 294 Å². The van der Waals surface area contributed by atoms with Crippen molar-refractivity contribution in [2.45, 2.75) is 43.8 Å². The van der Waals surface area contributed by atoms with Crippen LogP contribution in [0, 0.1) is 0 Å². The number of carbonyl (C=O) groups is 2. The summed E-state index contributed by atoms with van der Waals surface area (Å²) in [6, 6.07) is 52.3. The molecule has 6 aromatic rings. The van der Waals surface area contributed by atoms with Gasteiger partial charge in [-0.2, -0.15) is 0 Å². The molecule has 0 bridgehead atoms. The summed E-state index contributed by atoms with van der Waals surface area (Å²) in [4.78, 5) is 34.4. The predicted octanol–water partition coefficient (Wildman–Crippen LogP) is 8.25. The maximum atomic E-state index is 13.5. The van der Waals surface area contributed by atoms with Crippen LogP contribution in [0.2, 0.25) is 0 Å². The van der Waals surface area contributed by atoms with E-state index in [0.29, 0.717) is 19.5 Å². The second-order valence-corrected chi connectivity index (χ2v) is 13.6. The van der Waals surface area contributed by atoms with Gasteiger partial charge in [-0.15, -0.1) is 0 Å². The molecule has 5 nitrogen and oxygen atoms in total. The number of hydrogen-bond acceptors (Lipinski definition) is 5. The average molecular weight is 656 g/mol. The Morgan fingerprint density at radius 1 is 0.700 bits per heavy atom. The van der Waals surface area contributed by atoms with Crippen molar-refractivity contribution in [1.82, 2.24) is 9.88 Å². The number of hydrogen-bond donors (Lipinski definition) is 0. The molecule has 0 N–H and O–H groups in total. The number of rotatable bonds is 11. The van der Waals surface area contributed by atoms with Crippen molar-refractivity contribution >= 4 is 17.8 Å². The molecule has 2 heterocycles. The fourth-order valence-electron chi connectivity index (χ4n) is 7.81. The van der Waals surface area contributed by atoms with E-state index in [4.69, 9.17) is 0 Å². The molecule has 1 fully saturated rings. The van der Waals surface area contributed by atoms with Gasteiger partial charge in [0.15, 0.2) is 6.29 Å². The van der Waals surface area contributed by atoms with Gasteiger partial charge >= 0.3 is 0 Å². The second-order valence-electron chi connectivity index (χ2n) is 13.6. The Bertz CT molecular complexity index is 1950. The quantitative estimate of drug-likeness (QED) is 0.0800. The average Bonchev–Trinajstić information content (AvgIpc) is 3.43. The summed E-state index contributed by atoms with van der Waals surface area (Å²) in [5.74, 6) is -0.423. The lowest BCUT2D eigenvalue weighted by molar-refractivity contribution is -0.131. The molecule has 1 saturated heterocycles. The summed E-state index contributed by atoms with van der Waals surface area (Å²) < 4.78 is 0. The van der Waals surface area contributed by atoms with Gasteiger partial charge in [-0.05, 0) is 77.4 Å². The Hall–Kier alpha value is -5.65. The molecular formula is C45H41N3O2. The van der Waals surface area contributed by atoms with E-state index in [1.54, 1.807) is 0 Å². The van der Waals surface area contributed by atoms with Crippen LogP contribution in [0.15, 0.2) is 164 Å². The van der Waals surface area contributed by atoms with E-state index in [1.807, 2.05) is 18.5 Å². The lowest BCUT2D eigenvalue weighted by atomic mass is 9.65. The van der Waals surface area contributed by atoms with Gasteiger partial charge in [0, 0.05) is 30.2 Å². The topological polar surface area (TPSA) is 53.5 Å². The van der Waals surface area contributed by atoms with E-state index in [1.165, 1.54) is 5.56 Å². The van der Waals surface area contributed by atoms with Crippen molar-refractivity contribution < 1.29 is 9.59 Å². The highest BCUT2D eigenvalue weighted by Gasteiger charge is 2.50. The number of Topliss-reactive ketones (excluding diaryl/α,β-unsaturated/α-hetero) is 1. The SMILES string of the molecule is CC1(C)C(C(=O)C=O)N(c2ccc(C(c3ccccc3)(c3ccccc3)c3ccccc3)cc2)CN1Cc1ccncc1Cc1ccccc1. The number of aromatic nitrogens is 1. The largest absolute Gasteiger partial charge is 0.346 e. The molecule has 5 heteroatoms. The number of pyridine rings is 1. The van der Waals surface area contributed by atoms with Crippen LogP contribution in [0.25, 0.3) is 0 Å². The Morgan fingerprint density at radius 3 is 1.72 bits per heavy atom. The Balaban J connectivity index is 1.28. The fraction of sp³-hybridized carbons (Fsp3) is 0.178. The molecule has 1 aromatic heterocycles. The van der Waals surface area contributed by atoms with Gasteiger partial charge in [-0.1, -0.05) is 133 Å². The minimum atomic E-state index is -0.646. The van der Waals surface area contributed by atoms with Crippen LogP contribution in [0.3, 0.4) is 0 Å². The van der Waals surface area contributed by atoms with E-state index in [9.17, 15) is 9.59 Å². The van der Waals surface area contributed by atoms with Gasteiger partial charge in [0.2, 0.25) is 5.78 Å². The standard InChI is InChI=1S/C45H41N3O2/c1-44(2)43(42(50)32-49)48(33-47(44)31-35-27-28-46-30-36(35)29-34-15-7-3-8-16-34)41-25-23-40(24-26-41)45(37-17-9-4-10-18-37,38-19-11-5-12-20-38)39-21-13-6-14-22-39/h3-28,30,32,43H,29,31,33H2,1-2H3. The van der Waals surface area contributed by atoms with Crippen LogP contribution in [-0.4, -0.2) is 40.2 Å². The molecule has 1 unspecified atom stereocenters. The molecule has 1 aliphatic rings. The van der Waals surface area contributed by atoms with E-state index in [2.05, 4.69) is 174 Å². The Kier molecular flexibility index (Phi) is 9.25. The normalized spacial score (nSPS) is 15.9. The predicted molar refractivity (Wildman–Crippen MR) is 200 cm³/mol. The van der Waals surface area contributed by atoms with Crippen LogP contribution < -0.4 is 4.90 Å². The van der Waals surface area contributed by atoms with Crippen LogP contribution >= 0.6 is 0 Å². The van der Waals surface area contributed by atoms with Gasteiger partial charge in [-0.3, -0.25) is 19.5 Å². The first-order chi connectivity index (χ1) is 24.4. The summed E-state index contributed by atoms with van der Waals surface area (Å²) in [7, 11) is 0. The highest BCUT2D eigenvalue weighted by Crippen LogP contribution is 2.46. The minimum Gasteiger partial charge on any atom is -0.346 e. The van der Waals surface area contributed by atoms with Crippen LogP contribution in [0.5, 0.6) is 0 Å². The molecule has 0 amide bonds. The first kappa shape index (κ1) is 32.9. The van der Waals surface area contributed by atoms with Gasteiger partial charge < -0.3 is 4.90 Å². The molecule has 5 aromatic carbocycles. The molecule has 0 aliphatic carbocycles.